The van der Waals surface area contributed by atoms with E-state index in [4.69, 9.17) is 54.1 Å². The molecule has 4 atom stereocenters. The molecule has 116 heavy (non-hydrogen) atoms. The van der Waals surface area contributed by atoms with Crippen molar-refractivity contribution in [3.8, 4) is 65.8 Å². The van der Waals surface area contributed by atoms with Crippen LogP contribution in [0, 0.1) is 37.0 Å². The number of terminal acetylenes is 3. The van der Waals surface area contributed by atoms with Gasteiger partial charge in [-0.1, -0.05) is 389 Å². The van der Waals surface area contributed by atoms with Crippen LogP contribution in [0.25, 0.3) is 0 Å². The molecule has 14 rings (SSSR count). The Labute approximate surface area is 800 Å². The van der Waals surface area contributed by atoms with Crippen molar-refractivity contribution in [3.63, 3.8) is 0 Å². The third-order valence-electron chi connectivity index (χ3n) is 16.6. The number of ether oxygens (including phenoxy) is 2. The molecule has 0 aromatic heterocycles. The molecule has 0 amide bonds. The summed E-state index contributed by atoms with van der Waals surface area (Å²) in [7, 11) is 9.24. The number of carbonyl (C=O) groups excluding carboxylic acids is 3. The Kier molecular flexibility index (Phi) is 65.4. The number of para-hydroxylation sites is 5. The summed E-state index contributed by atoms with van der Waals surface area (Å²) in [5, 5.41) is 35.0. The largest absolute Gasteiger partial charge is 1.00 e. The minimum atomic E-state index is -0.181. The zero-order valence-electron chi connectivity index (χ0n) is 72.0. The number of halogens is 1. The summed E-state index contributed by atoms with van der Waals surface area (Å²) in [6.45, 7) is 35.4. The molecule has 0 radical (unpaired) electrons. The third-order valence-corrected chi connectivity index (χ3v) is 28.8. The summed E-state index contributed by atoms with van der Waals surface area (Å²) < 4.78 is 10.2. The Morgan fingerprint density at radius 2 is 0.534 bits per heavy atom. The van der Waals surface area contributed by atoms with Crippen molar-refractivity contribution in [2.75, 3.05) is 18.5 Å². The minimum Gasteiger partial charge on any atom is -1.00 e. The van der Waals surface area contributed by atoms with Gasteiger partial charge in [0, 0.05) is 43.9 Å². The van der Waals surface area contributed by atoms with E-state index in [2.05, 4.69) is 218 Å². The van der Waals surface area contributed by atoms with Gasteiger partial charge in [0.05, 0.1) is 5.33 Å². The molecule has 18 heteroatoms. The molecule has 11 aromatic rings. The van der Waals surface area contributed by atoms with Gasteiger partial charge in [-0.05, 0) is 112 Å². The van der Waals surface area contributed by atoms with E-state index in [1.165, 1.54) is 44.5 Å². The third kappa shape index (κ3) is 39.8. The Balaban J connectivity index is -0.000000612. The molecule has 0 spiro atoms. The van der Waals surface area contributed by atoms with Crippen molar-refractivity contribution in [1.82, 2.24) is 0 Å². The Hall–Kier alpha value is -6.23. The van der Waals surface area contributed by atoms with E-state index in [-0.39, 0.29) is 151 Å². The van der Waals surface area contributed by atoms with E-state index in [1.807, 2.05) is 134 Å². The van der Waals surface area contributed by atoms with Crippen molar-refractivity contribution < 1.29 is 154 Å². The maximum atomic E-state index is 12.1. The van der Waals surface area contributed by atoms with Crippen LogP contribution in [0.1, 0.15) is 189 Å². The number of alkyl halides is 1. The van der Waals surface area contributed by atoms with Crippen LogP contribution in [0.4, 0.5) is 0 Å². The van der Waals surface area contributed by atoms with E-state index in [9.17, 15) is 9.59 Å². The number of benzene rings is 11. The molecule has 0 bridgehead atoms. The second-order valence-electron chi connectivity index (χ2n) is 25.1. The predicted octanol–water partition coefficient (Wildman–Crippen LogP) is 19.4. The van der Waals surface area contributed by atoms with E-state index in [1.54, 1.807) is 121 Å². The Bertz CT molecular complexity index is 4010. The first-order valence-electron chi connectivity index (χ1n) is 37.4. The van der Waals surface area contributed by atoms with Crippen molar-refractivity contribution in [2.24, 2.45) is 0 Å². The van der Waals surface area contributed by atoms with Crippen molar-refractivity contribution >= 4 is 75.7 Å². The smallest absolute Gasteiger partial charge is 1.00 e. The van der Waals surface area contributed by atoms with Crippen LogP contribution in [0.5, 0.6) is 28.7 Å². The maximum absolute atomic E-state index is 12.1. The summed E-state index contributed by atoms with van der Waals surface area (Å²) >= 11 is 3.01. The Morgan fingerprint density at radius 3 is 0.664 bits per heavy atom. The fraction of sp³-hybridized carbons (Fsp3) is 0.235. The van der Waals surface area contributed by atoms with Crippen LogP contribution < -0.4 is 118 Å². The van der Waals surface area contributed by atoms with Crippen molar-refractivity contribution in [2.45, 2.75) is 132 Å². The van der Waals surface area contributed by atoms with Gasteiger partial charge in [-0.3, -0.25) is 14.4 Å². The van der Waals surface area contributed by atoms with E-state index in [0.717, 1.165) is 19.5 Å². The molecule has 0 heterocycles. The molecule has 3 aliphatic carbocycles. The number of phenolic OH excluding ortho intramolecular Hbond substituents is 3. The summed E-state index contributed by atoms with van der Waals surface area (Å²) in [6.07, 6.45) is 14.7. The first-order chi connectivity index (χ1) is 54.8. The van der Waals surface area contributed by atoms with Gasteiger partial charge in [0.15, 0.2) is 11.6 Å². The maximum Gasteiger partial charge on any atom is 1.00 e. The molecular weight excluding hydrogens is 1650 g/mol. The summed E-state index contributed by atoms with van der Waals surface area (Å²) in [5.41, 5.74) is 14.2. The number of rotatable bonds is 6. The quantitative estimate of drug-likeness (QED) is 0.0278. The van der Waals surface area contributed by atoms with Gasteiger partial charge in [0.25, 0.3) is 6.47 Å². The van der Waals surface area contributed by atoms with Crippen LogP contribution in [0.15, 0.2) is 297 Å². The molecule has 0 saturated carbocycles. The number of hydrogen-bond donors (Lipinski definition) is 3. The number of hydrogen-bond acceptors (Lipinski definition) is 10. The standard InChI is InChI=1S/2C18H20.C14H8O2.2C9H8O.3C6H6O.C3H3Br.4C2H6.CH2O3.2K.H7P5.H/c2*1-17(2)13-9-5-7-11-15(13)18(3,4)16-12-8-6-10-14(16)17;15-13-9-5-1-2-6-10(9)14(16)12-8-4-3-7-11(12)13;2*1-2-8-10-9-6-4-3-5-7-9;3*7-6-4-2-1-3-5-6;1-2-3-4;4*1-2;2-1-4-3;;;1-4-5(2)3;/h2*5-12H,1-4H3;1-8H;2*1,3-7H,8H2;3*1-5,7H;1H,3H2;4*1-2H3;1,3H;;;4H,1-3H2;/q;;;;;;;;;;;;;;2*+1;;-1/p-1. The fourth-order valence-electron chi connectivity index (χ4n) is 11.5. The fourth-order valence-corrected chi connectivity index (χ4v) is 11.5. The molecule has 604 valence electrons. The summed E-state index contributed by atoms with van der Waals surface area (Å²) in [4.78, 5) is 35.5. The second-order valence-corrected chi connectivity index (χ2v) is 39.6. The number of aromatic hydroxyl groups is 3. The number of phenols is 3. The molecule has 10 nitrogen and oxygen atoms in total. The molecule has 3 N–H and O–H groups in total. The minimum absolute atomic E-state index is 0. The molecule has 11 aromatic carbocycles. The monoisotopic (exact) mass is 1770 g/mol. The van der Waals surface area contributed by atoms with Gasteiger partial charge in [-0.15, -0.1) is 46.1 Å². The molecular formula is C98H118BrK2O10P5. The van der Waals surface area contributed by atoms with Gasteiger partial charge in [-0.2, -0.15) is 0 Å². The van der Waals surface area contributed by atoms with Crippen LogP contribution in [0.3, 0.4) is 0 Å². The van der Waals surface area contributed by atoms with E-state index in [0.29, 0.717) is 58.0 Å². The van der Waals surface area contributed by atoms with E-state index < -0.39 is 0 Å². The summed E-state index contributed by atoms with van der Waals surface area (Å²) in [6, 6.07) is 94.6. The van der Waals surface area contributed by atoms with Gasteiger partial charge in [0.1, 0.15) is 42.0 Å². The molecule has 3 aliphatic rings. The topological polar surface area (TPSA) is 163 Å². The van der Waals surface area contributed by atoms with Crippen molar-refractivity contribution in [1.29, 1.82) is 0 Å². The molecule has 0 fully saturated rings. The zero-order valence-corrected chi connectivity index (χ0v) is 84.2. The average Bonchev–Trinajstić information content (AvgIpc) is 0.731. The number of fused-ring (bicyclic) bond motifs is 6. The van der Waals surface area contributed by atoms with Crippen LogP contribution >= 0.6 is 57.7 Å². The first-order valence-corrected chi connectivity index (χ1v) is 46.8. The molecule has 0 saturated heterocycles. The first kappa shape index (κ1) is 114. The SMILES string of the molecule is C#CCBr.C#CCOc1ccccc1.C#CCOc1ccccc1.CC.CC.CC.CC.CC1(C)c2ccccc2C(C)(C)c2ccccc21.CC1(C)c2ccccc2C(C)(C)c2ccccc21.O=C1c2ccccc2C(=O)c2ccccc21.O=CO[O-].Oc1ccccc1.Oc1ccccc1.Oc1ccccc1.PPP(P)P.[H-].[K+].[K+]. The second kappa shape index (κ2) is 66.6. The molecule has 0 aliphatic heterocycles. The number of ketones is 2. The van der Waals surface area contributed by atoms with Gasteiger partial charge in [-0.25, -0.2) is 0 Å². The van der Waals surface area contributed by atoms with Crippen LogP contribution in [0.2, 0.25) is 0 Å². The normalized spacial score (nSPS) is 11.8. The number of carbonyl (C=O) groups is 3. The molecule has 4 unspecified atom stereocenters. The van der Waals surface area contributed by atoms with Crippen molar-refractivity contribution in [3.05, 3.63) is 364 Å². The van der Waals surface area contributed by atoms with Gasteiger partial charge < -0.3 is 36.4 Å². The predicted molar refractivity (Wildman–Crippen MR) is 501 cm³/mol. The van der Waals surface area contributed by atoms with E-state index >= 15 is 0 Å². The van der Waals surface area contributed by atoms with Gasteiger partial charge >= 0.3 is 103 Å². The zero-order chi connectivity index (χ0) is 86.0. The average molecular weight is 1770 g/mol. The van der Waals surface area contributed by atoms with Crippen LogP contribution in [-0.2, 0) is 31.3 Å². The van der Waals surface area contributed by atoms with Crippen LogP contribution in [-0.4, -0.2) is 51.9 Å². The van der Waals surface area contributed by atoms with Gasteiger partial charge in [0.2, 0.25) is 0 Å². The summed E-state index contributed by atoms with van der Waals surface area (Å²) in [5.74, 6) is 9.61. The Morgan fingerprint density at radius 1 is 0.379 bits per heavy atom.